The molecule has 0 spiro atoms. The van der Waals surface area contributed by atoms with Crippen molar-refractivity contribution < 1.29 is 5.11 Å². The summed E-state index contributed by atoms with van der Waals surface area (Å²) in [5, 5.41) is 12.9. The van der Waals surface area contributed by atoms with Crippen LogP contribution in [-0.4, -0.2) is 14.7 Å². The Bertz CT molecular complexity index is 720. The molecule has 0 bridgehead atoms. The molecule has 4 nitrogen and oxygen atoms in total. The molecule has 2 N–H and O–H groups in total. The van der Waals surface area contributed by atoms with Crippen LogP contribution >= 0.6 is 0 Å². The van der Waals surface area contributed by atoms with Gasteiger partial charge in [0, 0.05) is 30.7 Å². The number of benzene rings is 2. The van der Waals surface area contributed by atoms with Crippen LogP contribution in [0.5, 0.6) is 5.75 Å². The lowest BCUT2D eigenvalue weighted by Gasteiger charge is -2.15. The zero-order valence-corrected chi connectivity index (χ0v) is 12.5. The van der Waals surface area contributed by atoms with E-state index in [-0.39, 0.29) is 6.04 Å². The highest BCUT2D eigenvalue weighted by Gasteiger charge is 2.05. The Hall–Kier alpha value is -2.59. The van der Waals surface area contributed by atoms with Gasteiger partial charge in [0.25, 0.3) is 0 Å². The second kappa shape index (κ2) is 6.45. The van der Waals surface area contributed by atoms with E-state index < -0.39 is 0 Å². The summed E-state index contributed by atoms with van der Waals surface area (Å²) < 4.78 is 1.98. The van der Waals surface area contributed by atoms with Crippen LogP contribution in [0.1, 0.15) is 24.1 Å². The zero-order valence-electron chi connectivity index (χ0n) is 12.5. The number of nitrogens with zero attached hydrogens (tertiary/aromatic N) is 2. The molecule has 0 amide bonds. The van der Waals surface area contributed by atoms with Gasteiger partial charge in [0.1, 0.15) is 5.75 Å². The van der Waals surface area contributed by atoms with E-state index in [4.69, 9.17) is 0 Å². The van der Waals surface area contributed by atoms with Gasteiger partial charge in [-0.3, -0.25) is 0 Å². The summed E-state index contributed by atoms with van der Waals surface area (Å²) in [6.07, 6.45) is 5.49. The van der Waals surface area contributed by atoms with Gasteiger partial charge in [-0.2, -0.15) is 0 Å². The molecule has 0 aliphatic carbocycles. The Labute approximate surface area is 130 Å². The lowest BCUT2D eigenvalue weighted by Crippen LogP contribution is -2.18. The normalized spacial score (nSPS) is 12.2. The van der Waals surface area contributed by atoms with Gasteiger partial charge >= 0.3 is 0 Å². The molecule has 1 aromatic heterocycles. The van der Waals surface area contributed by atoms with E-state index in [1.54, 1.807) is 24.7 Å². The first-order valence-electron chi connectivity index (χ1n) is 7.32. The molecule has 22 heavy (non-hydrogen) atoms. The molecule has 1 unspecified atom stereocenters. The SMILES string of the molecule is CC(NCc1cccc(O)c1)c1ccc(-n2ccnc2)cc1. The maximum atomic E-state index is 9.48. The molecule has 4 heteroatoms. The van der Waals surface area contributed by atoms with E-state index in [9.17, 15) is 5.11 Å². The van der Waals surface area contributed by atoms with E-state index in [1.165, 1.54) is 5.56 Å². The average Bonchev–Trinajstić information content (AvgIpc) is 3.07. The number of aromatic hydroxyl groups is 1. The van der Waals surface area contributed by atoms with Crippen LogP contribution in [0.2, 0.25) is 0 Å². The number of rotatable bonds is 5. The topological polar surface area (TPSA) is 50.1 Å². The summed E-state index contributed by atoms with van der Waals surface area (Å²) >= 11 is 0. The largest absolute Gasteiger partial charge is 0.508 e. The minimum Gasteiger partial charge on any atom is -0.508 e. The van der Waals surface area contributed by atoms with Gasteiger partial charge in [0.15, 0.2) is 0 Å². The van der Waals surface area contributed by atoms with Crippen molar-refractivity contribution in [1.82, 2.24) is 14.9 Å². The van der Waals surface area contributed by atoms with E-state index >= 15 is 0 Å². The molecule has 0 radical (unpaired) electrons. The van der Waals surface area contributed by atoms with Crippen molar-refractivity contribution in [3.05, 3.63) is 78.4 Å². The van der Waals surface area contributed by atoms with E-state index in [1.807, 2.05) is 22.9 Å². The zero-order chi connectivity index (χ0) is 15.4. The molecule has 112 valence electrons. The molecular weight excluding hydrogens is 274 g/mol. The predicted molar refractivity (Wildman–Crippen MR) is 86.9 cm³/mol. The number of phenols is 1. The molecule has 0 aliphatic rings. The van der Waals surface area contributed by atoms with Crippen molar-refractivity contribution >= 4 is 0 Å². The first kappa shape index (κ1) is 14.4. The maximum absolute atomic E-state index is 9.48. The van der Waals surface area contributed by atoms with Gasteiger partial charge in [0.2, 0.25) is 0 Å². The van der Waals surface area contributed by atoms with Gasteiger partial charge in [-0.05, 0) is 42.3 Å². The van der Waals surface area contributed by atoms with Gasteiger partial charge in [-0.1, -0.05) is 24.3 Å². The van der Waals surface area contributed by atoms with Crippen LogP contribution in [0, 0.1) is 0 Å². The average molecular weight is 293 g/mol. The lowest BCUT2D eigenvalue weighted by atomic mass is 10.1. The fourth-order valence-electron chi connectivity index (χ4n) is 2.40. The van der Waals surface area contributed by atoms with Crippen LogP contribution in [0.25, 0.3) is 5.69 Å². The summed E-state index contributed by atoms with van der Waals surface area (Å²) in [5.74, 6) is 0.302. The van der Waals surface area contributed by atoms with Gasteiger partial charge < -0.3 is 15.0 Å². The Balaban J connectivity index is 1.63. The van der Waals surface area contributed by atoms with Crippen LogP contribution in [-0.2, 0) is 6.54 Å². The third kappa shape index (κ3) is 3.35. The molecule has 0 saturated heterocycles. The highest BCUT2D eigenvalue weighted by Crippen LogP contribution is 2.17. The number of imidazole rings is 1. The molecule has 0 aliphatic heterocycles. The summed E-state index contributed by atoms with van der Waals surface area (Å²) in [6, 6.07) is 16.0. The van der Waals surface area contributed by atoms with Crippen molar-refractivity contribution in [2.75, 3.05) is 0 Å². The number of hydrogen-bond acceptors (Lipinski definition) is 3. The van der Waals surface area contributed by atoms with Crippen LogP contribution < -0.4 is 5.32 Å². The molecule has 3 rings (SSSR count). The number of aromatic nitrogens is 2. The maximum Gasteiger partial charge on any atom is 0.115 e. The van der Waals surface area contributed by atoms with Crippen molar-refractivity contribution in [2.24, 2.45) is 0 Å². The molecule has 0 saturated carbocycles. The minimum absolute atomic E-state index is 0.235. The first-order chi connectivity index (χ1) is 10.7. The Morgan fingerprint density at radius 1 is 1.18 bits per heavy atom. The first-order valence-corrected chi connectivity index (χ1v) is 7.32. The van der Waals surface area contributed by atoms with Gasteiger partial charge in [-0.15, -0.1) is 0 Å². The number of hydrogen-bond donors (Lipinski definition) is 2. The number of nitrogens with one attached hydrogen (secondary N) is 1. The van der Waals surface area contributed by atoms with Crippen molar-refractivity contribution in [3.8, 4) is 11.4 Å². The number of phenolic OH excluding ortho intramolecular Hbond substituents is 1. The summed E-state index contributed by atoms with van der Waals surface area (Å²) in [5.41, 5.74) is 3.40. The summed E-state index contributed by atoms with van der Waals surface area (Å²) in [6.45, 7) is 2.86. The van der Waals surface area contributed by atoms with Crippen LogP contribution in [0.3, 0.4) is 0 Å². The monoisotopic (exact) mass is 293 g/mol. The van der Waals surface area contributed by atoms with Crippen LogP contribution in [0.15, 0.2) is 67.3 Å². The molecule has 1 heterocycles. The quantitative estimate of drug-likeness (QED) is 0.757. The second-order valence-corrected chi connectivity index (χ2v) is 5.33. The molecule has 0 fully saturated rings. The van der Waals surface area contributed by atoms with Crippen LogP contribution in [0.4, 0.5) is 0 Å². The fraction of sp³-hybridized carbons (Fsp3) is 0.167. The van der Waals surface area contributed by atoms with Crippen molar-refractivity contribution in [3.63, 3.8) is 0 Å². The molecular formula is C18H19N3O. The third-order valence-electron chi connectivity index (χ3n) is 3.72. The van der Waals surface area contributed by atoms with Crippen molar-refractivity contribution in [1.29, 1.82) is 0 Å². The highest BCUT2D eigenvalue weighted by atomic mass is 16.3. The summed E-state index contributed by atoms with van der Waals surface area (Å²) in [7, 11) is 0. The molecule has 1 atom stereocenters. The van der Waals surface area contributed by atoms with E-state index in [0.717, 1.165) is 17.8 Å². The molecule has 3 aromatic rings. The smallest absolute Gasteiger partial charge is 0.115 e. The Kier molecular flexibility index (Phi) is 4.21. The summed E-state index contributed by atoms with van der Waals surface area (Å²) in [4.78, 5) is 4.06. The second-order valence-electron chi connectivity index (χ2n) is 5.33. The fourth-order valence-corrected chi connectivity index (χ4v) is 2.40. The highest BCUT2D eigenvalue weighted by molar-refractivity contribution is 5.35. The lowest BCUT2D eigenvalue weighted by molar-refractivity contribution is 0.473. The van der Waals surface area contributed by atoms with E-state index in [2.05, 4.69) is 41.5 Å². The molecule has 2 aromatic carbocycles. The van der Waals surface area contributed by atoms with Crippen molar-refractivity contribution in [2.45, 2.75) is 19.5 Å². The Morgan fingerprint density at radius 3 is 2.68 bits per heavy atom. The Morgan fingerprint density at radius 2 is 2.00 bits per heavy atom. The van der Waals surface area contributed by atoms with Gasteiger partial charge in [0.05, 0.1) is 6.33 Å². The standard InChI is InChI=1S/C18H19N3O/c1-14(20-12-15-3-2-4-18(22)11-15)16-5-7-17(8-6-16)21-10-9-19-13-21/h2-11,13-14,20,22H,12H2,1H3. The van der Waals surface area contributed by atoms with E-state index in [0.29, 0.717) is 5.75 Å². The third-order valence-corrected chi connectivity index (χ3v) is 3.72. The van der Waals surface area contributed by atoms with Gasteiger partial charge in [-0.25, -0.2) is 4.98 Å². The minimum atomic E-state index is 0.235. The predicted octanol–water partition coefficient (Wildman–Crippen LogP) is 3.43.